The van der Waals surface area contributed by atoms with Crippen molar-refractivity contribution in [1.82, 2.24) is 10.6 Å². The molecule has 12 nitrogen and oxygen atoms in total. The summed E-state index contributed by atoms with van der Waals surface area (Å²) in [7, 11) is 0. The van der Waals surface area contributed by atoms with Crippen molar-refractivity contribution in [3.63, 3.8) is 0 Å². The zero-order valence-electron chi connectivity index (χ0n) is 24.0. The van der Waals surface area contributed by atoms with Crippen LogP contribution in [0.3, 0.4) is 0 Å². The third-order valence-corrected chi connectivity index (χ3v) is 4.73. The van der Waals surface area contributed by atoms with Gasteiger partial charge in [0.2, 0.25) is 0 Å². The average molecular weight is 553 g/mol. The number of carbonyl (C=O) groups excluding carboxylic acids is 2. The van der Waals surface area contributed by atoms with Crippen LogP contribution in [0.1, 0.15) is 63.8 Å². The lowest BCUT2D eigenvalue weighted by molar-refractivity contribution is 0.0551. The number of carbonyl (C=O) groups is 2. The smallest absolute Gasteiger partial charge is 0.413 e. The fourth-order valence-electron chi connectivity index (χ4n) is 3.02. The van der Waals surface area contributed by atoms with Crippen molar-refractivity contribution in [2.75, 3.05) is 13.1 Å². The van der Waals surface area contributed by atoms with Crippen LogP contribution in [0.2, 0.25) is 0 Å². The molecule has 0 aliphatic rings. The molecule has 40 heavy (non-hydrogen) atoms. The first-order valence-electron chi connectivity index (χ1n) is 12.7. The molecule has 0 radical (unpaired) electrons. The fourth-order valence-corrected chi connectivity index (χ4v) is 3.02. The Bertz CT molecular complexity index is 1190. The van der Waals surface area contributed by atoms with Crippen LogP contribution in [0.4, 0.5) is 9.59 Å². The van der Waals surface area contributed by atoms with Crippen LogP contribution >= 0.6 is 0 Å². The van der Waals surface area contributed by atoms with Crippen LogP contribution in [-0.2, 0) is 22.3 Å². The third-order valence-electron chi connectivity index (χ3n) is 4.73. The number of ether oxygens (including phenoxy) is 2. The number of rotatable bonds is 7. The maximum atomic E-state index is 11.6. The van der Waals surface area contributed by atoms with Crippen molar-refractivity contribution in [3.05, 3.63) is 81.2 Å². The number of azide groups is 1. The Morgan fingerprint density at radius 2 is 1.18 bits per heavy atom. The number of alkyl carbamates (subject to hydrolysis) is 2. The number of amidine groups is 2. The molecule has 0 spiro atoms. The van der Waals surface area contributed by atoms with E-state index >= 15 is 0 Å². The summed E-state index contributed by atoms with van der Waals surface area (Å²) in [5.41, 5.74) is 15.8. The first-order chi connectivity index (χ1) is 18.6. The summed E-state index contributed by atoms with van der Waals surface area (Å²) in [4.78, 5) is 25.8. The molecule has 0 aliphatic carbocycles. The lowest BCUT2D eigenvalue weighted by atomic mass is 10.1. The molecule has 2 rings (SSSR count). The number of benzene rings is 2. The van der Waals surface area contributed by atoms with Gasteiger partial charge in [-0.25, -0.2) is 9.59 Å². The Labute approximate surface area is 235 Å². The molecule has 2 amide bonds. The van der Waals surface area contributed by atoms with Gasteiger partial charge in [-0.1, -0.05) is 53.6 Å². The monoisotopic (exact) mass is 552 g/mol. The van der Waals surface area contributed by atoms with Crippen molar-refractivity contribution in [2.24, 2.45) is 10.8 Å². The number of amides is 2. The molecule has 0 aromatic heterocycles. The standard InChI is InChI=1S/C14H19N5O2.C14H21N3O2/c1-14(2,3)21-13(20)18-12(15)11-6-4-10(5-7-11)8-9-17-19-16;1-14(2,3)19-13(18)17-12(16)11-6-4-10(5-7-11)8-9-15/h4-7H,8-9H2,1-3H3,(H2,15,18,20);4-7H,8-9,15H2,1-3H3,(H2,16,17,18). The van der Waals surface area contributed by atoms with E-state index in [1.807, 2.05) is 24.3 Å². The third kappa shape index (κ3) is 14.5. The summed E-state index contributed by atoms with van der Waals surface area (Å²) >= 11 is 0. The quantitative estimate of drug-likeness (QED) is 0.100. The summed E-state index contributed by atoms with van der Waals surface area (Å²) in [6, 6.07) is 14.5. The SMILES string of the molecule is CC(C)(C)OC(=O)NC(=N)c1ccc(CCN)cc1.CC(C)(C)OC(=O)NC(=N)c1ccc(CCN=[N+]=[N-])cc1. The second-order valence-corrected chi connectivity index (χ2v) is 10.6. The highest BCUT2D eigenvalue weighted by Crippen LogP contribution is 2.10. The van der Waals surface area contributed by atoms with E-state index in [2.05, 4.69) is 20.7 Å². The molecule has 216 valence electrons. The van der Waals surface area contributed by atoms with E-state index in [9.17, 15) is 9.59 Å². The predicted molar refractivity (Wildman–Crippen MR) is 156 cm³/mol. The highest BCUT2D eigenvalue weighted by Gasteiger charge is 2.18. The van der Waals surface area contributed by atoms with Gasteiger partial charge in [0.25, 0.3) is 0 Å². The van der Waals surface area contributed by atoms with Crippen LogP contribution in [0.25, 0.3) is 10.4 Å². The summed E-state index contributed by atoms with van der Waals surface area (Å²) in [6.45, 7) is 11.6. The molecule has 6 N–H and O–H groups in total. The van der Waals surface area contributed by atoms with Gasteiger partial charge in [-0.3, -0.25) is 21.5 Å². The van der Waals surface area contributed by atoms with E-state index in [-0.39, 0.29) is 11.7 Å². The Morgan fingerprint density at radius 3 is 1.50 bits per heavy atom. The molecule has 0 bridgehead atoms. The van der Waals surface area contributed by atoms with Gasteiger partial charge in [0.1, 0.15) is 22.9 Å². The van der Waals surface area contributed by atoms with Gasteiger partial charge in [-0.2, -0.15) is 0 Å². The van der Waals surface area contributed by atoms with E-state index < -0.39 is 23.4 Å². The molecule has 2 aromatic rings. The van der Waals surface area contributed by atoms with E-state index in [0.29, 0.717) is 30.6 Å². The van der Waals surface area contributed by atoms with Crippen LogP contribution in [-0.4, -0.2) is 48.1 Å². The molecule has 0 saturated carbocycles. The van der Waals surface area contributed by atoms with Crippen molar-refractivity contribution in [3.8, 4) is 0 Å². The lowest BCUT2D eigenvalue weighted by Crippen LogP contribution is -2.36. The van der Waals surface area contributed by atoms with Gasteiger partial charge in [0, 0.05) is 22.6 Å². The van der Waals surface area contributed by atoms with Crippen molar-refractivity contribution in [2.45, 2.75) is 65.6 Å². The second-order valence-electron chi connectivity index (χ2n) is 10.6. The summed E-state index contributed by atoms with van der Waals surface area (Å²) in [6.07, 6.45) is 0.160. The maximum absolute atomic E-state index is 11.6. The molecule has 12 heteroatoms. The normalized spacial score (nSPS) is 10.7. The van der Waals surface area contributed by atoms with E-state index in [1.54, 1.807) is 65.8 Å². The van der Waals surface area contributed by atoms with Crippen LogP contribution in [0.15, 0.2) is 53.6 Å². The molecule has 0 heterocycles. The Kier molecular flexibility index (Phi) is 13.3. The maximum Gasteiger partial charge on any atom is 0.413 e. The van der Waals surface area contributed by atoms with Gasteiger partial charge in [0.05, 0.1) is 0 Å². The topological polar surface area (TPSA) is 199 Å². The molecule has 0 unspecified atom stereocenters. The number of nitrogens with one attached hydrogen (secondary N) is 4. The van der Waals surface area contributed by atoms with Crippen LogP contribution < -0.4 is 16.4 Å². The summed E-state index contributed by atoms with van der Waals surface area (Å²) < 4.78 is 10.2. The van der Waals surface area contributed by atoms with Gasteiger partial charge in [-0.05, 0) is 77.6 Å². The Balaban J connectivity index is 0.000000402. The molecule has 0 aliphatic heterocycles. The van der Waals surface area contributed by atoms with Gasteiger partial charge >= 0.3 is 12.2 Å². The first-order valence-corrected chi connectivity index (χ1v) is 12.7. The van der Waals surface area contributed by atoms with Gasteiger partial charge < -0.3 is 15.2 Å². The number of hydrogen-bond acceptors (Lipinski definition) is 8. The molecule has 0 atom stereocenters. The molecule has 2 aromatic carbocycles. The number of nitrogens with two attached hydrogens (primary N) is 1. The predicted octanol–water partition coefficient (Wildman–Crippen LogP) is 5.43. The molecule has 0 saturated heterocycles. The average Bonchev–Trinajstić information content (AvgIpc) is 2.83. The zero-order valence-corrected chi connectivity index (χ0v) is 24.0. The molecular formula is C28H40N8O4. The largest absolute Gasteiger partial charge is 0.444 e. The first kappa shape index (κ1) is 33.6. The Hall–Kier alpha value is -4.41. The van der Waals surface area contributed by atoms with Crippen LogP contribution in [0.5, 0.6) is 0 Å². The lowest BCUT2D eigenvalue weighted by Gasteiger charge is -2.19. The fraction of sp³-hybridized carbons (Fsp3) is 0.429. The molecular weight excluding hydrogens is 512 g/mol. The van der Waals surface area contributed by atoms with Crippen molar-refractivity contribution < 1.29 is 19.1 Å². The van der Waals surface area contributed by atoms with Gasteiger partial charge in [-0.15, -0.1) is 0 Å². The second kappa shape index (κ2) is 15.9. The van der Waals surface area contributed by atoms with E-state index in [1.165, 1.54) is 0 Å². The van der Waals surface area contributed by atoms with Gasteiger partial charge in [0.15, 0.2) is 0 Å². The minimum absolute atomic E-state index is 0.0218. The number of hydrogen-bond donors (Lipinski definition) is 5. The van der Waals surface area contributed by atoms with E-state index in [4.69, 9.17) is 31.6 Å². The van der Waals surface area contributed by atoms with Crippen LogP contribution in [0, 0.1) is 10.8 Å². The zero-order chi connectivity index (χ0) is 30.3. The number of nitrogens with zero attached hydrogens (tertiary/aromatic N) is 3. The highest BCUT2D eigenvalue weighted by atomic mass is 16.6. The van der Waals surface area contributed by atoms with E-state index in [0.717, 1.165) is 17.5 Å². The minimum Gasteiger partial charge on any atom is -0.444 e. The summed E-state index contributed by atoms with van der Waals surface area (Å²) in [5.74, 6) is -0.000561. The van der Waals surface area contributed by atoms with Crippen molar-refractivity contribution >= 4 is 23.9 Å². The Morgan fingerprint density at radius 1 is 0.800 bits per heavy atom. The highest BCUT2D eigenvalue weighted by molar-refractivity contribution is 6.05. The minimum atomic E-state index is -0.653. The molecule has 0 fully saturated rings. The van der Waals surface area contributed by atoms with Crippen molar-refractivity contribution in [1.29, 1.82) is 10.8 Å². The summed E-state index contributed by atoms with van der Waals surface area (Å²) in [5, 5.41) is 23.9.